The molecule has 1 aliphatic heterocycles. The summed E-state index contributed by atoms with van der Waals surface area (Å²) in [5.41, 5.74) is 4.62. The van der Waals surface area contributed by atoms with Crippen LogP contribution >= 0.6 is 0 Å². The molecule has 0 aromatic carbocycles. The van der Waals surface area contributed by atoms with E-state index in [4.69, 9.17) is 10.5 Å². The zero-order valence-corrected chi connectivity index (χ0v) is 12.1. The van der Waals surface area contributed by atoms with Gasteiger partial charge in [0, 0.05) is 25.6 Å². The number of hydrogen-bond acceptors (Lipinski definition) is 4. The Morgan fingerprint density at radius 1 is 1.42 bits per heavy atom. The molecule has 2 amide bonds. The van der Waals surface area contributed by atoms with Crippen molar-refractivity contribution < 1.29 is 14.3 Å². The Morgan fingerprint density at radius 3 is 2.68 bits per heavy atom. The Labute approximate surface area is 114 Å². The average molecular weight is 271 g/mol. The molecule has 3 N–H and O–H groups in total. The zero-order chi connectivity index (χ0) is 14.5. The molecular weight excluding hydrogens is 246 g/mol. The number of nitrogens with zero attached hydrogens (tertiary/aromatic N) is 1. The van der Waals surface area contributed by atoms with Gasteiger partial charge in [-0.2, -0.15) is 0 Å². The molecule has 0 aliphatic carbocycles. The van der Waals surface area contributed by atoms with Crippen LogP contribution in [0.15, 0.2) is 0 Å². The van der Waals surface area contributed by atoms with Crippen molar-refractivity contribution in [2.75, 3.05) is 19.6 Å². The van der Waals surface area contributed by atoms with Gasteiger partial charge in [0.1, 0.15) is 5.60 Å². The van der Waals surface area contributed by atoms with Crippen molar-refractivity contribution in [1.82, 2.24) is 10.2 Å². The van der Waals surface area contributed by atoms with E-state index >= 15 is 0 Å². The Bertz CT molecular complexity index is 326. The highest BCUT2D eigenvalue weighted by atomic mass is 16.6. The normalized spacial score (nSPS) is 19.5. The molecule has 6 heteroatoms. The molecule has 0 aromatic rings. The predicted octanol–water partition coefficient (Wildman–Crippen LogP) is 0.851. The van der Waals surface area contributed by atoms with Gasteiger partial charge in [-0.05, 0) is 40.2 Å². The van der Waals surface area contributed by atoms with Crippen LogP contribution in [0, 0.1) is 0 Å². The summed E-state index contributed by atoms with van der Waals surface area (Å²) in [6.45, 7) is 7.70. The van der Waals surface area contributed by atoms with E-state index in [0.717, 1.165) is 19.4 Å². The lowest BCUT2D eigenvalue weighted by Gasteiger charge is -2.24. The van der Waals surface area contributed by atoms with Gasteiger partial charge in [-0.25, -0.2) is 4.79 Å². The molecule has 0 aromatic heterocycles. The minimum atomic E-state index is -0.454. The molecule has 0 saturated carbocycles. The van der Waals surface area contributed by atoms with E-state index in [1.54, 1.807) is 4.90 Å². The van der Waals surface area contributed by atoms with Crippen molar-refractivity contribution >= 4 is 12.0 Å². The van der Waals surface area contributed by atoms with Crippen LogP contribution in [-0.4, -0.2) is 48.2 Å². The van der Waals surface area contributed by atoms with Crippen LogP contribution in [0.4, 0.5) is 4.79 Å². The lowest BCUT2D eigenvalue weighted by Crippen LogP contribution is -2.38. The van der Waals surface area contributed by atoms with Crippen LogP contribution in [0.1, 0.15) is 40.0 Å². The molecule has 0 bridgehead atoms. The maximum absolute atomic E-state index is 11.8. The Balaban J connectivity index is 2.22. The number of nitrogens with two attached hydrogens (primary N) is 1. The number of nitrogens with one attached hydrogen (secondary N) is 1. The fourth-order valence-electron chi connectivity index (χ4n) is 1.99. The number of ether oxygens (including phenoxy) is 1. The summed E-state index contributed by atoms with van der Waals surface area (Å²) in [4.78, 5) is 24.2. The zero-order valence-electron chi connectivity index (χ0n) is 12.1. The second-order valence-electron chi connectivity index (χ2n) is 5.94. The van der Waals surface area contributed by atoms with Gasteiger partial charge >= 0.3 is 6.09 Å². The number of amides is 2. The number of carbonyl (C=O) groups is 2. The summed E-state index contributed by atoms with van der Waals surface area (Å²) in [5, 5.41) is 3.33. The molecule has 110 valence electrons. The van der Waals surface area contributed by atoms with Crippen LogP contribution in [0.3, 0.4) is 0 Å². The average Bonchev–Trinajstić information content (AvgIpc) is 2.70. The molecule has 19 heavy (non-hydrogen) atoms. The van der Waals surface area contributed by atoms with Crippen molar-refractivity contribution in [3.63, 3.8) is 0 Å². The summed E-state index contributed by atoms with van der Waals surface area (Å²) in [7, 11) is 0. The van der Waals surface area contributed by atoms with Gasteiger partial charge in [-0.1, -0.05) is 0 Å². The molecule has 1 aliphatic rings. The van der Waals surface area contributed by atoms with Crippen molar-refractivity contribution in [3.05, 3.63) is 0 Å². The Morgan fingerprint density at radius 2 is 2.11 bits per heavy atom. The third-order valence-electron chi connectivity index (χ3n) is 2.87. The van der Waals surface area contributed by atoms with Crippen molar-refractivity contribution in [3.8, 4) is 0 Å². The monoisotopic (exact) mass is 271 g/mol. The molecule has 6 nitrogen and oxygen atoms in total. The summed E-state index contributed by atoms with van der Waals surface area (Å²) in [6.07, 6.45) is 1.79. The number of likely N-dealkylation sites (tertiary alicyclic amines) is 1. The minimum absolute atomic E-state index is 0.256. The van der Waals surface area contributed by atoms with E-state index in [9.17, 15) is 9.59 Å². The van der Waals surface area contributed by atoms with E-state index < -0.39 is 5.60 Å². The van der Waals surface area contributed by atoms with E-state index in [1.165, 1.54) is 0 Å². The number of hydrogen-bond donors (Lipinski definition) is 2. The van der Waals surface area contributed by atoms with Crippen molar-refractivity contribution in [1.29, 1.82) is 0 Å². The first kappa shape index (κ1) is 15.8. The standard InChI is InChI=1S/C13H25N3O3/c1-13(2,3)19-12(18)16-8-6-10(9-16)15-7-4-5-11(14)17/h10,15H,4-9H2,1-3H3,(H2,14,17). The molecular formula is C13H25N3O3. The fraction of sp³-hybridized carbons (Fsp3) is 0.846. The van der Waals surface area contributed by atoms with Crippen LogP contribution in [-0.2, 0) is 9.53 Å². The molecule has 1 unspecified atom stereocenters. The SMILES string of the molecule is CC(C)(C)OC(=O)N1CCC(NCCCC(N)=O)C1. The molecule has 1 rings (SSSR count). The smallest absolute Gasteiger partial charge is 0.410 e. The topological polar surface area (TPSA) is 84.7 Å². The summed E-state index contributed by atoms with van der Waals surface area (Å²) < 4.78 is 5.33. The summed E-state index contributed by atoms with van der Waals surface area (Å²) >= 11 is 0. The Hall–Kier alpha value is -1.30. The van der Waals surface area contributed by atoms with E-state index in [2.05, 4.69) is 5.32 Å². The quantitative estimate of drug-likeness (QED) is 0.726. The van der Waals surface area contributed by atoms with Crippen LogP contribution in [0.25, 0.3) is 0 Å². The third-order valence-corrected chi connectivity index (χ3v) is 2.87. The van der Waals surface area contributed by atoms with E-state index in [0.29, 0.717) is 19.5 Å². The number of rotatable bonds is 5. The summed E-state index contributed by atoms with van der Waals surface area (Å²) in [5.74, 6) is -0.274. The largest absolute Gasteiger partial charge is 0.444 e. The second kappa shape index (κ2) is 6.75. The molecule has 1 fully saturated rings. The van der Waals surface area contributed by atoms with Gasteiger partial charge in [0.15, 0.2) is 0 Å². The summed E-state index contributed by atoms with van der Waals surface area (Å²) in [6, 6.07) is 0.278. The second-order valence-corrected chi connectivity index (χ2v) is 5.94. The lowest BCUT2D eigenvalue weighted by molar-refractivity contribution is -0.118. The fourth-order valence-corrected chi connectivity index (χ4v) is 1.99. The highest BCUT2D eigenvalue weighted by Gasteiger charge is 2.29. The van der Waals surface area contributed by atoms with E-state index in [1.807, 2.05) is 20.8 Å². The van der Waals surface area contributed by atoms with Gasteiger partial charge in [-0.3, -0.25) is 4.79 Å². The lowest BCUT2D eigenvalue weighted by atomic mass is 10.2. The highest BCUT2D eigenvalue weighted by molar-refractivity contribution is 5.73. The molecule has 1 heterocycles. The van der Waals surface area contributed by atoms with Gasteiger partial charge < -0.3 is 20.7 Å². The first-order chi connectivity index (χ1) is 8.78. The molecule has 1 saturated heterocycles. The first-order valence-corrected chi connectivity index (χ1v) is 6.77. The van der Waals surface area contributed by atoms with Gasteiger partial charge in [0.2, 0.25) is 5.91 Å². The van der Waals surface area contributed by atoms with Gasteiger partial charge in [0.25, 0.3) is 0 Å². The first-order valence-electron chi connectivity index (χ1n) is 6.77. The third kappa shape index (κ3) is 6.42. The molecule has 1 atom stereocenters. The van der Waals surface area contributed by atoms with Crippen molar-refractivity contribution in [2.45, 2.75) is 51.7 Å². The van der Waals surface area contributed by atoms with Gasteiger partial charge in [0.05, 0.1) is 0 Å². The number of carbonyl (C=O) groups excluding carboxylic acids is 2. The highest BCUT2D eigenvalue weighted by Crippen LogP contribution is 2.15. The molecule has 0 radical (unpaired) electrons. The van der Waals surface area contributed by atoms with Crippen LogP contribution < -0.4 is 11.1 Å². The van der Waals surface area contributed by atoms with Gasteiger partial charge in [-0.15, -0.1) is 0 Å². The minimum Gasteiger partial charge on any atom is -0.444 e. The van der Waals surface area contributed by atoms with E-state index in [-0.39, 0.29) is 18.0 Å². The molecule has 0 spiro atoms. The number of primary amides is 1. The van der Waals surface area contributed by atoms with Crippen LogP contribution in [0.2, 0.25) is 0 Å². The Kier molecular flexibility index (Phi) is 5.60. The maximum Gasteiger partial charge on any atom is 0.410 e. The predicted molar refractivity (Wildman–Crippen MR) is 72.6 cm³/mol. The van der Waals surface area contributed by atoms with Crippen LogP contribution in [0.5, 0.6) is 0 Å². The maximum atomic E-state index is 11.8. The van der Waals surface area contributed by atoms with Crippen molar-refractivity contribution in [2.24, 2.45) is 5.73 Å².